The highest BCUT2D eigenvalue weighted by atomic mass is 19.1. The molecule has 2 aromatic heterocycles. The van der Waals surface area contributed by atoms with Gasteiger partial charge in [-0.2, -0.15) is 0 Å². The average molecular weight is 513 g/mol. The Morgan fingerprint density at radius 2 is 1.92 bits per heavy atom. The number of fused-ring (bicyclic) bond motifs is 2. The van der Waals surface area contributed by atoms with E-state index < -0.39 is 18.0 Å². The molecule has 3 fully saturated rings. The van der Waals surface area contributed by atoms with Gasteiger partial charge < -0.3 is 39.3 Å². The monoisotopic (exact) mass is 512 g/mol. The summed E-state index contributed by atoms with van der Waals surface area (Å²) >= 11 is 0. The summed E-state index contributed by atoms with van der Waals surface area (Å²) in [5.41, 5.74) is 3.08. The van der Waals surface area contributed by atoms with Crippen molar-refractivity contribution in [2.75, 3.05) is 38.3 Å². The Balaban J connectivity index is 1.14. The van der Waals surface area contributed by atoms with Crippen molar-refractivity contribution in [3.8, 4) is 17.1 Å². The molecular weight excluding hydrogens is 483 g/mol. The van der Waals surface area contributed by atoms with Crippen molar-refractivity contribution >= 4 is 22.8 Å². The van der Waals surface area contributed by atoms with Gasteiger partial charge in [0, 0.05) is 42.5 Å². The Morgan fingerprint density at radius 1 is 1.16 bits per heavy atom. The molecule has 10 nitrogen and oxygen atoms in total. The molecule has 6 rings (SSSR count). The van der Waals surface area contributed by atoms with Crippen molar-refractivity contribution in [3.05, 3.63) is 42.2 Å². The predicted octanol–water partition coefficient (Wildman–Crippen LogP) is 2.60. The van der Waals surface area contributed by atoms with Crippen LogP contribution in [-0.2, 0) is 14.2 Å². The molecule has 196 valence electrons. The number of anilines is 1. The lowest BCUT2D eigenvalue weighted by molar-refractivity contribution is 0.00794. The second kappa shape index (κ2) is 9.81. The van der Waals surface area contributed by atoms with Gasteiger partial charge in [-0.3, -0.25) is 0 Å². The van der Waals surface area contributed by atoms with Crippen LogP contribution < -0.4 is 15.0 Å². The summed E-state index contributed by atoms with van der Waals surface area (Å²) in [5, 5.41) is 12.8. The second-order valence-corrected chi connectivity index (χ2v) is 9.65. The van der Waals surface area contributed by atoms with Gasteiger partial charge in [0.15, 0.2) is 17.8 Å². The summed E-state index contributed by atoms with van der Waals surface area (Å²) in [6.45, 7) is 2.13. The van der Waals surface area contributed by atoms with Crippen molar-refractivity contribution in [1.29, 1.82) is 0 Å². The molecule has 0 saturated carbocycles. The number of hydrogen-bond donors (Lipinski definition) is 3. The van der Waals surface area contributed by atoms with Crippen molar-refractivity contribution < 1.29 is 33.2 Å². The van der Waals surface area contributed by atoms with E-state index in [-0.39, 0.29) is 36.7 Å². The van der Waals surface area contributed by atoms with E-state index in [1.807, 2.05) is 24.3 Å². The number of aliphatic hydroxyl groups excluding tert-OH is 1. The van der Waals surface area contributed by atoms with Gasteiger partial charge in [-0.1, -0.05) is 12.1 Å². The number of hydrogen-bond acceptors (Lipinski definition) is 8. The van der Waals surface area contributed by atoms with Crippen molar-refractivity contribution in [3.63, 3.8) is 0 Å². The molecule has 3 aromatic rings. The summed E-state index contributed by atoms with van der Waals surface area (Å²) in [6, 6.07) is 10.9. The number of rotatable bonds is 5. The zero-order valence-electron chi connectivity index (χ0n) is 20.4. The molecule has 3 N–H and O–H groups in total. The topological polar surface area (TPSA) is 118 Å². The number of benzene rings is 1. The second-order valence-electron chi connectivity index (χ2n) is 9.65. The number of nitrogens with zero attached hydrogens (tertiary/aromatic N) is 2. The van der Waals surface area contributed by atoms with Crippen LogP contribution >= 0.6 is 0 Å². The zero-order valence-corrected chi connectivity index (χ0v) is 20.4. The van der Waals surface area contributed by atoms with E-state index in [0.29, 0.717) is 29.1 Å². The fourth-order valence-electron chi connectivity index (χ4n) is 5.32. The van der Waals surface area contributed by atoms with E-state index >= 15 is 4.39 Å². The van der Waals surface area contributed by atoms with E-state index in [9.17, 15) is 9.90 Å². The molecule has 1 aromatic carbocycles. The first-order valence-corrected chi connectivity index (χ1v) is 12.5. The van der Waals surface area contributed by atoms with Crippen molar-refractivity contribution in [2.45, 2.75) is 43.3 Å². The first-order valence-electron chi connectivity index (χ1n) is 12.5. The number of amides is 1. The molecule has 3 saturated heterocycles. The Bertz CT molecular complexity index is 1280. The van der Waals surface area contributed by atoms with Gasteiger partial charge in [0.2, 0.25) is 0 Å². The number of aromatic amines is 1. The highest BCUT2D eigenvalue weighted by Crippen LogP contribution is 2.32. The number of methoxy groups -OCH3 is 1. The quantitative estimate of drug-likeness (QED) is 0.478. The van der Waals surface area contributed by atoms with E-state index in [4.69, 9.17) is 14.2 Å². The smallest absolute Gasteiger partial charge is 0.407 e. The summed E-state index contributed by atoms with van der Waals surface area (Å²) < 4.78 is 36.9. The minimum absolute atomic E-state index is 0.100. The van der Waals surface area contributed by atoms with Crippen LogP contribution in [0, 0.1) is 5.82 Å². The molecule has 0 bridgehead atoms. The normalized spacial score (nSPS) is 25.9. The van der Waals surface area contributed by atoms with Crippen LogP contribution in [0.2, 0.25) is 0 Å². The van der Waals surface area contributed by atoms with Crippen molar-refractivity contribution in [2.24, 2.45) is 0 Å². The van der Waals surface area contributed by atoms with Crippen molar-refractivity contribution in [1.82, 2.24) is 15.3 Å². The highest BCUT2D eigenvalue weighted by molar-refractivity contribution is 5.81. The fraction of sp³-hybridized carbons (Fsp3) is 0.462. The van der Waals surface area contributed by atoms with Gasteiger partial charge in [-0.05, 0) is 25.0 Å². The molecule has 3 aliphatic heterocycles. The van der Waals surface area contributed by atoms with Crippen LogP contribution in [0.5, 0.6) is 5.88 Å². The Morgan fingerprint density at radius 3 is 2.68 bits per heavy atom. The number of ether oxygens (including phenoxy) is 4. The SMILES string of the molecule is COC(=O)NC1CCN(c2ccc(-c3nc4cc(O[C@@H]5COC6C5OC[C@H]6O)[nH]c4cc3F)cc2)CC1. The van der Waals surface area contributed by atoms with Crippen LogP contribution in [0.3, 0.4) is 0 Å². The van der Waals surface area contributed by atoms with Gasteiger partial charge >= 0.3 is 6.09 Å². The molecule has 5 heterocycles. The Kier molecular flexibility index (Phi) is 6.35. The zero-order chi connectivity index (χ0) is 25.5. The van der Waals surface area contributed by atoms with Gasteiger partial charge in [0.25, 0.3) is 0 Å². The number of aromatic nitrogens is 2. The van der Waals surface area contributed by atoms with Gasteiger partial charge in [-0.25, -0.2) is 14.2 Å². The lowest BCUT2D eigenvalue weighted by Gasteiger charge is -2.33. The summed E-state index contributed by atoms with van der Waals surface area (Å²) in [5.74, 6) is 0.00795. The van der Waals surface area contributed by atoms with Crippen LogP contribution in [0.25, 0.3) is 22.3 Å². The van der Waals surface area contributed by atoms with E-state index in [1.165, 1.54) is 13.2 Å². The molecule has 11 heteroatoms. The van der Waals surface area contributed by atoms with Crippen LogP contribution in [0.15, 0.2) is 36.4 Å². The lowest BCUT2D eigenvalue weighted by Crippen LogP contribution is -2.44. The van der Waals surface area contributed by atoms with Gasteiger partial charge in [0.1, 0.15) is 24.0 Å². The minimum Gasteiger partial charge on any atom is -0.470 e. The molecule has 0 radical (unpaired) electrons. The number of piperidine rings is 1. The fourth-order valence-corrected chi connectivity index (χ4v) is 5.32. The molecule has 3 aliphatic rings. The molecular formula is C26H29FN4O6. The highest BCUT2D eigenvalue weighted by Gasteiger charge is 2.48. The summed E-state index contributed by atoms with van der Waals surface area (Å²) in [4.78, 5) is 21.3. The molecule has 2 unspecified atom stereocenters. The number of carbonyl (C=O) groups is 1. The number of alkyl carbamates (subject to hydrolysis) is 1. The number of pyridine rings is 1. The first kappa shape index (κ1) is 24.0. The molecule has 1 amide bonds. The molecule has 4 atom stereocenters. The van der Waals surface area contributed by atoms with E-state index in [1.54, 1.807) is 6.07 Å². The van der Waals surface area contributed by atoms with Crippen LogP contribution in [0.4, 0.5) is 14.9 Å². The Hall–Kier alpha value is -3.41. The van der Waals surface area contributed by atoms with Gasteiger partial charge in [0.05, 0.1) is 31.4 Å². The molecule has 0 spiro atoms. The number of nitrogens with one attached hydrogen (secondary N) is 2. The van der Waals surface area contributed by atoms with Crippen LogP contribution in [0.1, 0.15) is 12.8 Å². The summed E-state index contributed by atoms with van der Waals surface area (Å²) in [7, 11) is 1.36. The number of carbonyl (C=O) groups excluding carboxylic acids is 1. The maximum Gasteiger partial charge on any atom is 0.407 e. The Labute approximate surface area is 212 Å². The minimum atomic E-state index is -0.651. The third-order valence-corrected chi connectivity index (χ3v) is 7.30. The number of aliphatic hydroxyl groups is 1. The number of H-pyrrole nitrogens is 1. The van der Waals surface area contributed by atoms with Crippen LogP contribution in [-0.4, -0.2) is 85.0 Å². The molecule has 37 heavy (non-hydrogen) atoms. The maximum absolute atomic E-state index is 15.0. The third kappa shape index (κ3) is 4.70. The number of halogens is 1. The molecule has 0 aliphatic carbocycles. The van der Waals surface area contributed by atoms with Gasteiger partial charge in [-0.15, -0.1) is 0 Å². The first-order chi connectivity index (χ1) is 18.0. The largest absolute Gasteiger partial charge is 0.470 e. The predicted molar refractivity (Wildman–Crippen MR) is 132 cm³/mol. The van der Waals surface area contributed by atoms with E-state index in [2.05, 4.69) is 24.9 Å². The third-order valence-electron chi connectivity index (χ3n) is 7.30. The van der Waals surface area contributed by atoms with E-state index in [0.717, 1.165) is 31.6 Å². The average Bonchev–Trinajstić information content (AvgIpc) is 3.60. The lowest BCUT2D eigenvalue weighted by atomic mass is 10.0. The maximum atomic E-state index is 15.0. The summed E-state index contributed by atoms with van der Waals surface area (Å²) in [6.07, 6.45) is -0.502. The standard InChI is InChI=1S/C26H29FN4O6/c1-34-26(33)28-15-6-8-31(9-7-15)16-4-2-14(3-5-16)23-17(27)10-18-19(30-23)11-22(29-18)37-21-13-36-24-20(32)12-35-25(21)24/h2-5,10-11,15,20-21,24-25,29,32H,6-9,12-13H2,1H3,(H,28,33)/t20-,21-,24?,25?/m1/s1.